The van der Waals surface area contributed by atoms with Gasteiger partial charge in [-0.2, -0.15) is 0 Å². The first kappa shape index (κ1) is 16.8. The second kappa shape index (κ2) is 6.37. The van der Waals surface area contributed by atoms with Gasteiger partial charge in [-0.3, -0.25) is 0 Å². The number of benzene rings is 2. The zero-order valence-corrected chi connectivity index (χ0v) is 15.6. The van der Waals surface area contributed by atoms with Crippen LogP contribution in [0.25, 0.3) is 33.1 Å². The Kier molecular flexibility index (Phi) is 3.83. The standard InChI is InChI=1S/C23H20N2O3/c1-28-23(27)20-12-17-18(24-20)10-11-19-21(17)15-4-2-3-5-16(15)22(25-19)13-6-8-14(26)9-7-13/h6-12,24,26H,2-5H2,1H3. The number of esters is 1. The van der Waals surface area contributed by atoms with E-state index in [4.69, 9.17) is 9.72 Å². The van der Waals surface area contributed by atoms with Crippen molar-refractivity contribution in [2.45, 2.75) is 25.7 Å². The maximum atomic E-state index is 12.0. The fraction of sp³-hybridized carbons (Fsp3) is 0.217. The van der Waals surface area contributed by atoms with E-state index in [-0.39, 0.29) is 11.7 Å². The number of methoxy groups -OCH3 is 1. The molecule has 0 atom stereocenters. The largest absolute Gasteiger partial charge is 0.508 e. The molecule has 0 spiro atoms. The van der Waals surface area contributed by atoms with Gasteiger partial charge in [0.2, 0.25) is 0 Å². The van der Waals surface area contributed by atoms with Crippen molar-refractivity contribution in [1.29, 1.82) is 0 Å². The number of hydrogen-bond acceptors (Lipinski definition) is 4. The van der Waals surface area contributed by atoms with Crippen LogP contribution < -0.4 is 0 Å². The van der Waals surface area contributed by atoms with E-state index in [1.165, 1.54) is 18.2 Å². The normalized spacial score (nSPS) is 13.6. The Hall–Kier alpha value is -3.34. The predicted octanol–water partition coefficient (Wildman–Crippen LogP) is 4.75. The number of ether oxygens (including phenoxy) is 1. The van der Waals surface area contributed by atoms with Gasteiger partial charge in [0, 0.05) is 21.9 Å². The molecule has 2 heterocycles. The summed E-state index contributed by atoms with van der Waals surface area (Å²) in [4.78, 5) is 20.2. The lowest BCUT2D eigenvalue weighted by Crippen LogP contribution is -2.07. The molecule has 0 amide bonds. The van der Waals surface area contributed by atoms with E-state index >= 15 is 0 Å². The first-order valence-corrected chi connectivity index (χ1v) is 9.50. The molecule has 1 aliphatic carbocycles. The smallest absolute Gasteiger partial charge is 0.354 e. The number of aromatic nitrogens is 2. The highest BCUT2D eigenvalue weighted by Gasteiger charge is 2.22. The second-order valence-electron chi connectivity index (χ2n) is 7.27. The minimum Gasteiger partial charge on any atom is -0.508 e. The summed E-state index contributed by atoms with van der Waals surface area (Å²) in [5.74, 6) is -0.116. The molecule has 140 valence electrons. The number of carbonyl (C=O) groups excluding carboxylic acids is 1. The lowest BCUT2D eigenvalue weighted by Gasteiger charge is -2.22. The van der Waals surface area contributed by atoms with Crippen LogP contribution in [0.2, 0.25) is 0 Å². The predicted molar refractivity (Wildman–Crippen MR) is 109 cm³/mol. The van der Waals surface area contributed by atoms with E-state index in [2.05, 4.69) is 4.98 Å². The molecule has 2 aromatic carbocycles. The summed E-state index contributed by atoms with van der Waals surface area (Å²) in [6, 6.07) is 13.1. The molecule has 0 saturated heterocycles. The number of aryl methyl sites for hydroxylation is 1. The molecule has 4 aromatic rings. The molecule has 5 heteroatoms. The molecule has 28 heavy (non-hydrogen) atoms. The van der Waals surface area contributed by atoms with Gasteiger partial charge in [0.1, 0.15) is 11.4 Å². The summed E-state index contributed by atoms with van der Waals surface area (Å²) >= 11 is 0. The summed E-state index contributed by atoms with van der Waals surface area (Å²) in [5, 5.41) is 11.8. The SMILES string of the molecule is COC(=O)c1cc2c(ccc3nc(-c4ccc(O)cc4)c4c(c32)CCCC4)[nH]1. The Balaban J connectivity index is 1.82. The van der Waals surface area contributed by atoms with Crippen molar-refractivity contribution in [3.63, 3.8) is 0 Å². The molecular formula is C23H20N2O3. The van der Waals surface area contributed by atoms with Crippen LogP contribution in [0.3, 0.4) is 0 Å². The number of phenolic OH excluding ortho intramolecular Hbond substituents is 1. The minimum absolute atomic E-state index is 0.253. The van der Waals surface area contributed by atoms with Gasteiger partial charge in [-0.1, -0.05) is 0 Å². The minimum atomic E-state index is -0.369. The van der Waals surface area contributed by atoms with Crippen LogP contribution in [0.15, 0.2) is 42.5 Å². The van der Waals surface area contributed by atoms with Gasteiger partial charge in [0.05, 0.1) is 18.3 Å². The van der Waals surface area contributed by atoms with Crippen LogP contribution in [-0.2, 0) is 17.6 Å². The van der Waals surface area contributed by atoms with Crippen molar-refractivity contribution < 1.29 is 14.6 Å². The number of fused-ring (bicyclic) bond motifs is 5. The van der Waals surface area contributed by atoms with Crippen molar-refractivity contribution in [2.75, 3.05) is 7.11 Å². The molecule has 0 radical (unpaired) electrons. The Morgan fingerprint density at radius 1 is 1.07 bits per heavy atom. The molecule has 2 N–H and O–H groups in total. The number of nitrogens with one attached hydrogen (secondary N) is 1. The van der Waals surface area contributed by atoms with E-state index in [1.54, 1.807) is 12.1 Å². The number of nitrogens with zero attached hydrogens (tertiary/aromatic N) is 1. The summed E-state index contributed by atoms with van der Waals surface area (Å²) in [7, 11) is 1.39. The van der Waals surface area contributed by atoms with Gasteiger partial charge in [-0.25, -0.2) is 9.78 Å². The average molecular weight is 372 g/mol. The summed E-state index contributed by atoms with van der Waals surface area (Å²) in [6.45, 7) is 0. The molecule has 5 nitrogen and oxygen atoms in total. The van der Waals surface area contributed by atoms with E-state index in [9.17, 15) is 9.90 Å². The van der Waals surface area contributed by atoms with Gasteiger partial charge in [-0.05, 0) is 79.3 Å². The number of rotatable bonds is 2. The van der Waals surface area contributed by atoms with Gasteiger partial charge >= 0.3 is 5.97 Å². The molecule has 5 rings (SSSR count). The van der Waals surface area contributed by atoms with Crippen molar-refractivity contribution in [3.05, 3.63) is 59.3 Å². The molecule has 0 saturated carbocycles. The van der Waals surface area contributed by atoms with Crippen LogP contribution >= 0.6 is 0 Å². The fourth-order valence-corrected chi connectivity index (χ4v) is 4.31. The van der Waals surface area contributed by atoms with Gasteiger partial charge in [0.25, 0.3) is 0 Å². The van der Waals surface area contributed by atoms with Crippen LogP contribution in [0, 0.1) is 0 Å². The molecule has 0 aliphatic heterocycles. The highest BCUT2D eigenvalue weighted by atomic mass is 16.5. The van der Waals surface area contributed by atoms with Crippen LogP contribution in [0.4, 0.5) is 0 Å². The molecule has 2 aromatic heterocycles. The Labute approximate surface area is 162 Å². The van der Waals surface area contributed by atoms with Crippen molar-refractivity contribution in [1.82, 2.24) is 9.97 Å². The van der Waals surface area contributed by atoms with Gasteiger partial charge in [-0.15, -0.1) is 0 Å². The third kappa shape index (κ3) is 2.54. The zero-order chi connectivity index (χ0) is 19.3. The summed E-state index contributed by atoms with van der Waals surface area (Å²) in [5.41, 5.74) is 6.90. The summed E-state index contributed by atoms with van der Waals surface area (Å²) < 4.78 is 4.87. The zero-order valence-electron chi connectivity index (χ0n) is 15.6. The Morgan fingerprint density at radius 3 is 2.57 bits per heavy atom. The number of phenols is 1. The molecule has 0 fully saturated rings. The maximum Gasteiger partial charge on any atom is 0.354 e. The highest BCUT2D eigenvalue weighted by Crippen LogP contribution is 2.38. The number of aromatic hydroxyl groups is 1. The lowest BCUT2D eigenvalue weighted by molar-refractivity contribution is 0.0595. The first-order valence-electron chi connectivity index (χ1n) is 9.50. The lowest BCUT2D eigenvalue weighted by atomic mass is 9.85. The summed E-state index contributed by atoms with van der Waals surface area (Å²) in [6.07, 6.45) is 4.27. The third-order valence-corrected chi connectivity index (χ3v) is 5.62. The topological polar surface area (TPSA) is 75.2 Å². The second-order valence-corrected chi connectivity index (χ2v) is 7.27. The van der Waals surface area contributed by atoms with Crippen molar-refractivity contribution in [3.8, 4) is 17.0 Å². The molecule has 0 unspecified atom stereocenters. The monoisotopic (exact) mass is 372 g/mol. The van der Waals surface area contributed by atoms with E-state index < -0.39 is 0 Å². The van der Waals surface area contributed by atoms with E-state index in [0.29, 0.717) is 5.69 Å². The van der Waals surface area contributed by atoms with E-state index in [0.717, 1.165) is 58.7 Å². The van der Waals surface area contributed by atoms with E-state index in [1.807, 2.05) is 30.3 Å². The number of carbonyl (C=O) groups is 1. The first-order chi connectivity index (χ1) is 13.7. The molecular weight excluding hydrogens is 352 g/mol. The number of pyridine rings is 1. The number of H-pyrrole nitrogens is 1. The Morgan fingerprint density at radius 2 is 1.82 bits per heavy atom. The maximum absolute atomic E-state index is 12.0. The van der Waals surface area contributed by atoms with Crippen LogP contribution in [-0.4, -0.2) is 28.2 Å². The van der Waals surface area contributed by atoms with Gasteiger partial charge < -0.3 is 14.8 Å². The molecule has 1 aliphatic rings. The van der Waals surface area contributed by atoms with Crippen LogP contribution in [0.5, 0.6) is 5.75 Å². The van der Waals surface area contributed by atoms with Crippen molar-refractivity contribution >= 4 is 27.8 Å². The number of aromatic amines is 1. The average Bonchev–Trinajstić information content (AvgIpc) is 3.17. The van der Waals surface area contributed by atoms with Gasteiger partial charge in [0.15, 0.2) is 0 Å². The Bertz CT molecular complexity index is 1220. The van der Waals surface area contributed by atoms with Crippen LogP contribution in [0.1, 0.15) is 34.5 Å². The molecule has 0 bridgehead atoms. The highest BCUT2D eigenvalue weighted by molar-refractivity contribution is 6.10. The quantitative estimate of drug-likeness (QED) is 0.498. The third-order valence-electron chi connectivity index (χ3n) is 5.62. The van der Waals surface area contributed by atoms with Crippen molar-refractivity contribution in [2.24, 2.45) is 0 Å². The number of hydrogen-bond donors (Lipinski definition) is 2. The fourth-order valence-electron chi connectivity index (χ4n) is 4.31.